The maximum Gasteiger partial charge on any atom is 0.110 e. The molecule has 0 saturated heterocycles. The zero-order valence-electron chi connectivity index (χ0n) is 5.91. The predicted octanol–water partition coefficient (Wildman–Crippen LogP) is 0.654. The molecule has 0 bridgehead atoms. The maximum atomic E-state index is 6.99. The second-order valence-corrected chi connectivity index (χ2v) is 2.46. The number of hydrogen-bond donors (Lipinski definition) is 2. The number of nitrogens with one attached hydrogen (secondary N) is 1. The van der Waals surface area contributed by atoms with E-state index in [0.29, 0.717) is 0 Å². The van der Waals surface area contributed by atoms with Crippen LogP contribution < -0.4 is 5.73 Å². The quantitative estimate of drug-likeness (QED) is 0.412. The smallest absolute Gasteiger partial charge is 0.110 e. The van der Waals surface area contributed by atoms with Crippen LogP contribution in [0, 0.1) is 5.41 Å². The predicted molar refractivity (Wildman–Crippen MR) is 41.5 cm³/mol. The molecule has 0 aromatic rings. The SMILES string of the molecule is CC1(N)C=CC=CN1C=N. The van der Waals surface area contributed by atoms with Crippen LogP contribution in [0.2, 0.25) is 0 Å². The van der Waals surface area contributed by atoms with Crippen molar-refractivity contribution in [3.05, 3.63) is 24.4 Å². The topological polar surface area (TPSA) is 53.1 Å². The summed E-state index contributed by atoms with van der Waals surface area (Å²) in [5.74, 6) is 0. The molecule has 0 aliphatic carbocycles. The lowest BCUT2D eigenvalue weighted by Gasteiger charge is -2.32. The molecule has 0 fully saturated rings. The summed E-state index contributed by atoms with van der Waals surface area (Å²) < 4.78 is 0. The number of allylic oxidation sites excluding steroid dienone is 2. The van der Waals surface area contributed by atoms with Crippen LogP contribution >= 0.6 is 0 Å². The van der Waals surface area contributed by atoms with Crippen LogP contribution in [-0.4, -0.2) is 16.9 Å². The number of nitrogens with zero attached hydrogens (tertiary/aromatic N) is 1. The third kappa shape index (κ3) is 1.09. The molecule has 1 atom stereocenters. The van der Waals surface area contributed by atoms with Crippen molar-refractivity contribution in [3.63, 3.8) is 0 Å². The third-order valence-electron chi connectivity index (χ3n) is 1.49. The van der Waals surface area contributed by atoms with Crippen molar-refractivity contribution in [1.29, 1.82) is 5.41 Å². The Morgan fingerprint density at radius 1 is 1.60 bits per heavy atom. The van der Waals surface area contributed by atoms with Crippen LogP contribution in [-0.2, 0) is 0 Å². The van der Waals surface area contributed by atoms with Crippen LogP contribution in [0.1, 0.15) is 6.92 Å². The summed E-state index contributed by atoms with van der Waals surface area (Å²) in [5.41, 5.74) is 5.24. The van der Waals surface area contributed by atoms with Crippen LogP contribution in [0.15, 0.2) is 24.4 Å². The molecule has 0 aromatic carbocycles. The van der Waals surface area contributed by atoms with Crippen LogP contribution in [0.4, 0.5) is 0 Å². The Bertz CT molecular complexity index is 191. The highest BCUT2D eigenvalue weighted by Crippen LogP contribution is 2.12. The second-order valence-electron chi connectivity index (χ2n) is 2.46. The summed E-state index contributed by atoms with van der Waals surface area (Å²) in [5, 5.41) is 6.99. The molecule has 0 radical (unpaired) electrons. The van der Waals surface area contributed by atoms with Gasteiger partial charge in [0.1, 0.15) is 5.66 Å². The van der Waals surface area contributed by atoms with Crippen LogP contribution in [0.25, 0.3) is 0 Å². The summed E-state index contributed by atoms with van der Waals surface area (Å²) in [6.07, 6.45) is 8.55. The second kappa shape index (κ2) is 2.27. The van der Waals surface area contributed by atoms with Gasteiger partial charge in [-0.05, 0) is 19.1 Å². The molecule has 0 amide bonds. The molecule has 3 nitrogen and oxygen atoms in total. The number of rotatable bonds is 1. The molecule has 1 aliphatic heterocycles. The molecule has 0 saturated carbocycles. The first-order valence-electron chi connectivity index (χ1n) is 3.11. The zero-order valence-corrected chi connectivity index (χ0v) is 5.91. The van der Waals surface area contributed by atoms with Gasteiger partial charge in [0.15, 0.2) is 0 Å². The van der Waals surface area contributed by atoms with Crippen molar-refractivity contribution in [2.75, 3.05) is 0 Å². The van der Waals surface area contributed by atoms with Gasteiger partial charge in [-0.15, -0.1) is 0 Å². The molecule has 1 heterocycles. The highest BCUT2D eigenvalue weighted by Gasteiger charge is 2.20. The van der Waals surface area contributed by atoms with Crippen molar-refractivity contribution in [2.24, 2.45) is 5.73 Å². The van der Waals surface area contributed by atoms with Gasteiger partial charge in [0.05, 0.1) is 6.34 Å². The summed E-state index contributed by atoms with van der Waals surface area (Å²) in [7, 11) is 0. The normalized spacial score (nSPS) is 30.8. The highest BCUT2D eigenvalue weighted by molar-refractivity contribution is 5.55. The monoisotopic (exact) mass is 137 g/mol. The fourth-order valence-corrected chi connectivity index (χ4v) is 0.822. The summed E-state index contributed by atoms with van der Waals surface area (Å²) in [6.45, 7) is 1.85. The zero-order chi connectivity index (χ0) is 7.61. The Morgan fingerprint density at radius 2 is 2.30 bits per heavy atom. The molecular weight excluding hydrogens is 126 g/mol. The average molecular weight is 137 g/mol. The maximum absolute atomic E-state index is 6.99. The number of hydrogen-bond acceptors (Lipinski definition) is 2. The van der Waals surface area contributed by atoms with E-state index in [1.54, 1.807) is 11.1 Å². The van der Waals surface area contributed by atoms with Gasteiger partial charge in [0, 0.05) is 6.20 Å². The molecule has 1 rings (SSSR count). The first kappa shape index (κ1) is 7.02. The van der Waals surface area contributed by atoms with Crippen molar-refractivity contribution in [3.8, 4) is 0 Å². The Hall–Kier alpha value is -1.09. The van der Waals surface area contributed by atoms with Gasteiger partial charge in [-0.3, -0.25) is 5.41 Å². The fraction of sp³-hybridized carbons (Fsp3) is 0.286. The van der Waals surface area contributed by atoms with E-state index < -0.39 is 5.66 Å². The molecular formula is C7H11N3. The molecule has 1 aliphatic rings. The van der Waals surface area contributed by atoms with Gasteiger partial charge in [-0.1, -0.05) is 6.08 Å². The van der Waals surface area contributed by atoms with E-state index in [1.165, 1.54) is 6.34 Å². The van der Waals surface area contributed by atoms with E-state index in [-0.39, 0.29) is 0 Å². The van der Waals surface area contributed by atoms with Gasteiger partial charge < -0.3 is 10.6 Å². The molecule has 3 heteroatoms. The van der Waals surface area contributed by atoms with E-state index in [1.807, 2.05) is 25.2 Å². The van der Waals surface area contributed by atoms with Crippen LogP contribution in [0.3, 0.4) is 0 Å². The molecule has 3 N–H and O–H groups in total. The minimum atomic E-state index is -0.531. The molecule has 10 heavy (non-hydrogen) atoms. The van der Waals surface area contributed by atoms with Crippen molar-refractivity contribution in [2.45, 2.75) is 12.6 Å². The van der Waals surface area contributed by atoms with Crippen molar-refractivity contribution in [1.82, 2.24) is 4.90 Å². The van der Waals surface area contributed by atoms with E-state index in [9.17, 15) is 0 Å². The first-order valence-corrected chi connectivity index (χ1v) is 3.11. The minimum Gasteiger partial charge on any atom is -0.318 e. The minimum absolute atomic E-state index is 0.531. The Morgan fingerprint density at radius 3 is 2.70 bits per heavy atom. The van der Waals surface area contributed by atoms with Crippen molar-refractivity contribution < 1.29 is 0 Å². The van der Waals surface area contributed by atoms with Gasteiger partial charge in [-0.2, -0.15) is 0 Å². The van der Waals surface area contributed by atoms with Gasteiger partial charge in [-0.25, -0.2) is 0 Å². The molecule has 54 valence electrons. The molecule has 1 unspecified atom stereocenters. The van der Waals surface area contributed by atoms with Crippen LogP contribution in [0.5, 0.6) is 0 Å². The third-order valence-corrected chi connectivity index (χ3v) is 1.49. The highest BCUT2D eigenvalue weighted by atomic mass is 15.3. The molecule has 0 aromatic heterocycles. The standard InChI is InChI=1S/C7H11N3/c1-7(9)4-2-3-5-10(7)6-8/h2-6,8H,9H2,1H3. The Kier molecular flexibility index (Phi) is 1.59. The molecule has 0 spiro atoms. The fourth-order valence-electron chi connectivity index (χ4n) is 0.822. The van der Waals surface area contributed by atoms with Gasteiger partial charge in [0.25, 0.3) is 0 Å². The van der Waals surface area contributed by atoms with Gasteiger partial charge in [0.2, 0.25) is 0 Å². The number of nitrogens with two attached hydrogens (primary N) is 1. The lowest BCUT2D eigenvalue weighted by Crippen LogP contribution is -2.49. The van der Waals surface area contributed by atoms with E-state index in [0.717, 1.165) is 0 Å². The van der Waals surface area contributed by atoms with Crippen molar-refractivity contribution >= 4 is 6.34 Å². The van der Waals surface area contributed by atoms with E-state index in [2.05, 4.69) is 0 Å². The lowest BCUT2D eigenvalue weighted by atomic mass is 10.1. The van der Waals surface area contributed by atoms with E-state index in [4.69, 9.17) is 11.1 Å². The summed E-state index contributed by atoms with van der Waals surface area (Å²) in [6, 6.07) is 0. The van der Waals surface area contributed by atoms with E-state index >= 15 is 0 Å². The Balaban J connectivity index is 2.84. The van der Waals surface area contributed by atoms with Gasteiger partial charge >= 0.3 is 0 Å². The average Bonchev–Trinajstić information content (AvgIpc) is 1.87. The lowest BCUT2D eigenvalue weighted by molar-refractivity contribution is 0.338. The summed E-state index contributed by atoms with van der Waals surface area (Å²) >= 11 is 0. The summed E-state index contributed by atoms with van der Waals surface area (Å²) in [4.78, 5) is 1.63. The first-order chi connectivity index (χ1) is 4.67. The largest absolute Gasteiger partial charge is 0.318 e. The Labute approximate surface area is 60.3 Å².